The number of carbonyl (C=O) groups is 2. The summed E-state index contributed by atoms with van der Waals surface area (Å²) in [6.07, 6.45) is 8.62. The first-order chi connectivity index (χ1) is 9.65. The Bertz CT molecular complexity index is 551. The molecule has 1 atom stereocenters. The summed E-state index contributed by atoms with van der Waals surface area (Å²) in [6.45, 7) is 0. The van der Waals surface area contributed by atoms with Gasteiger partial charge < -0.3 is 5.11 Å². The highest BCUT2D eigenvalue weighted by molar-refractivity contribution is 6.32. The molecule has 0 saturated carbocycles. The number of ketones is 2. The van der Waals surface area contributed by atoms with Crippen molar-refractivity contribution >= 4 is 11.6 Å². The van der Waals surface area contributed by atoms with Gasteiger partial charge in [0.1, 0.15) is 0 Å². The summed E-state index contributed by atoms with van der Waals surface area (Å²) < 4.78 is 0. The van der Waals surface area contributed by atoms with Crippen molar-refractivity contribution < 1.29 is 14.7 Å². The van der Waals surface area contributed by atoms with E-state index in [4.69, 9.17) is 0 Å². The van der Waals surface area contributed by atoms with Gasteiger partial charge >= 0.3 is 0 Å². The summed E-state index contributed by atoms with van der Waals surface area (Å²) >= 11 is 0. The number of hydrogen-bond donors (Lipinski definition) is 1. The van der Waals surface area contributed by atoms with E-state index in [1.807, 2.05) is 12.2 Å². The van der Waals surface area contributed by atoms with Gasteiger partial charge in [0.15, 0.2) is 5.60 Å². The van der Waals surface area contributed by atoms with Crippen molar-refractivity contribution in [1.29, 1.82) is 0 Å². The van der Waals surface area contributed by atoms with E-state index in [9.17, 15) is 14.7 Å². The van der Waals surface area contributed by atoms with Crippen molar-refractivity contribution in [2.24, 2.45) is 5.92 Å². The molecule has 104 valence electrons. The van der Waals surface area contributed by atoms with E-state index < -0.39 is 23.1 Å². The van der Waals surface area contributed by atoms with Gasteiger partial charge in [-0.15, -0.1) is 0 Å². The van der Waals surface area contributed by atoms with Gasteiger partial charge in [0.25, 0.3) is 0 Å². The van der Waals surface area contributed by atoms with Crippen LogP contribution in [0.25, 0.3) is 0 Å². The number of fused-ring (bicyclic) bond motifs is 1. The fourth-order valence-corrected chi connectivity index (χ4v) is 3.24. The van der Waals surface area contributed by atoms with Crippen LogP contribution in [-0.4, -0.2) is 22.3 Å². The largest absolute Gasteiger partial charge is 0.374 e. The van der Waals surface area contributed by atoms with Crippen LogP contribution in [0.4, 0.5) is 0 Å². The van der Waals surface area contributed by atoms with E-state index in [0.717, 1.165) is 25.7 Å². The molecule has 20 heavy (non-hydrogen) atoms. The minimum Gasteiger partial charge on any atom is -0.374 e. The van der Waals surface area contributed by atoms with E-state index in [2.05, 4.69) is 0 Å². The average Bonchev–Trinajstić information content (AvgIpc) is 2.62. The van der Waals surface area contributed by atoms with Crippen LogP contribution in [-0.2, 0) is 0 Å². The lowest BCUT2D eigenvalue weighted by Crippen LogP contribution is -2.47. The first-order valence-corrected chi connectivity index (χ1v) is 7.23. The van der Waals surface area contributed by atoms with Crippen LogP contribution in [0.5, 0.6) is 0 Å². The summed E-state index contributed by atoms with van der Waals surface area (Å²) in [5, 5.41) is 10.8. The molecule has 1 N–H and O–H groups in total. The summed E-state index contributed by atoms with van der Waals surface area (Å²) in [7, 11) is 0. The van der Waals surface area contributed by atoms with Crippen LogP contribution in [0.3, 0.4) is 0 Å². The minimum atomic E-state index is -1.89. The van der Waals surface area contributed by atoms with Gasteiger partial charge in [0.05, 0.1) is 0 Å². The highest BCUT2D eigenvalue weighted by atomic mass is 16.3. The molecule has 3 rings (SSSR count). The zero-order valence-electron chi connectivity index (χ0n) is 11.3. The first kappa shape index (κ1) is 13.3. The molecule has 0 fully saturated rings. The van der Waals surface area contributed by atoms with Crippen molar-refractivity contribution in [2.75, 3.05) is 0 Å². The van der Waals surface area contributed by atoms with Gasteiger partial charge in [0.2, 0.25) is 11.6 Å². The summed E-state index contributed by atoms with van der Waals surface area (Å²) in [4.78, 5) is 25.0. The van der Waals surface area contributed by atoms with Crippen molar-refractivity contribution in [3.63, 3.8) is 0 Å². The molecule has 0 bridgehead atoms. The van der Waals surface area contributed by atoms with E-state index in [1.165, 1.54) is 0 Å². The second kappa shape index (κ2) is 4.98. The van der Waals surface area contributed by atoms with Gasteiger partial charge in [-0.1, -0.05) is 49.3 Å². The Kier molecular flexibility index (Phi) is 3.30. The van der Waals surface area contributed by atoms with E-state index in [0.29, 0.717) is 17.5 Å². The molecule has 0 amide bonds. The summed E-state index contributed by atoms with van der Waals surface area (Å²) in [5.41, 5.74) is -1.18. The third kappa shape index (κ3) is 1.85. The van der Waals surface area contributed by atoms with Crippen LogP contribution in [0.15, 0.2) is 36.4 Å². The average molecular weight is 270 g/mol. The van der Waals surface area contributed by atoms with Crippen molar-refractivity contribution in [3.8, 4) is 0 Å². The molecule has 0 spiro atoms. The Labute approximate surface area is 118 Å². The lowest BCUT2D eigenvalue weighted by Gasteiger charge is -2.28. The number of rotatable bonds is 1. The van der Waals surface area contributed by atoms with Gasteiger partial charge in [-0.2, -0.15) is 0 Å². The Morgan fingerprint density at radius 1 is 1.00 bits per heavy atom. The molecule has 0 saturated heterocycles. The third-order valence-corrected chi connectivity index (χ3v) is 4.40. The van der Waals surface area contributed by atoms with Gasteiger partial charge in [0, 0.05) is 17.0 Å². The predicted octanol–water partition coefficient (Wildman–Crippen LogP) is 2.93. The number of allylic oxidation sites excluding steroid dienone is 1. The zero-order chi connectivity index (χ0) is 14.2. The molecule has 1 unspecified atom stereocenters. The van der Waals surface area contributed by atoms with E-state index in [-0.39, 0.29) is 0 Å². The SMILES string of the molecule is O=C1c2ccccc2C(=O)C1(O)C1/C=C\CCCCC1. The molecule has 0 aliphatic heterocycles. The second-order valence-corrected chi connectivity index (χ2v) is 5.64. The highest BCUT2D eigenvalue weighted by Crippen LogP contribution is 2.38. The maximum absolute atomic E-state index is 12.5. The quantitative estimate of drug-likeness (QED) is 0.630. The molecule has 2 aliphatic rings. The fraction of sp³-hybridized carbons (Fsp3) is 0.412. The van der Waals surface area contributed by atoms with Gasteiger partial charge in [-0.3, -0.25) is 9.59 Å². The molecule has 0 radical (unpaired) electrons. The van der Waals surface area contributed by atoms with Crippen LogP contribution >= 0.6 is 0 Å². The Balaban J connectivity index is 2.02. The molecule has 0 aromatic heterocycles. The van der Waals surface area contributed by atoms with Crippen molar-refractivity contribution in [1.82, 2.24) is 0 Å². The van der Waals surface area contributed by atoms with Gasteiger partial charge in [-0.25, -0.2) is 0 Å². The van der Waals surface area contributed by atoms with E-state index >= 15 is 0 Å². The van der Waals surface area contributed by atoms with Crippen LogP contribution < -0.4 is 0 Å². The van der Waals surface area contributed by atoms with Crippen LogP contribution in [0.1, 0.15) is 52.8 Å². The summed E-state index contributed by atoms with van der Waals surface area (Å²) in [5.74, 6) is -1.28. The van der Waals surface area contributed by atoms with Crippen molar-refractivity contribution in [3.05, 3.63) is 47.5 Å². The number of Topliss-reactive ketones (excluding diaryl/α,β-unsaturated/α-hetero) is 2. The monoisotopic (exact) mass is 270 g/mol. The lowest BCUT2D eigenvalue weighted by atomic mass is 9.78. The maximum atomic E-state index is 12.5. The molecule has 1 aromatic rings. The lowest BCUT2D eigenvalue weighted by molar-refractivity contribution is 0.0154. The normalized spacial score (nSPS) is 26.8. The Hall–Kier alpha value is -1.74. The molecule has 0 heterocycles. The fourth-order valence-electron chi connectivity index (χ4n) is 3.24. The number of carbonyl (C=O) groups excluding carboxylic acids is 2. The molecule has 2 aliphatic carbocycles. The minimum absolute atomic E-state index is 0.357. The molecular formula is C17H18O3. The molecule has 1 aromatic carbocycles. The summed E-state index contributed by atoms with van der Waals surface area (Å²) in [6, 6.07) is 6.70. The maximum Gasteiger partial charge on any atom is 0.203 e. The first-order valence-electron chi connectivity index (χ1n) is 7.23. The molecular weight excluding hydrogens is 252 g/mol. The van der Waals surface area contributed by atoms with Crippen LogP contribution in [0, 0.1) is 5.92 Å². The number of benzene rings is 1. The second-order valence-electron chi connectivity index (χ2n) is 5.64. The number of aliphatic hydroxyl groups is 1. The zero-order valence-corrected chi connectivity index (χ0v) is 11.3. The smallest absolute Gasteiger partial charge is 0.203 e. The van der Waals surface area contributed by atoms with Crippen LogP contribution in [0.2, 0.25) is 0 Å². The standard InChI is InChI=1S/C17H18O3/c18-15-13-10-6-7-11-14(13)16(19)17(15,20)12-8-4-2-1-3-5-9-12/h4,6-8,10-12,20H,1-3,5,9H2/b8-4-. The molecule has 3 heteroatoms. The topological polar surface area (TPSA) is 54.4 Å². The van der Waals surface area contributed by atoms with E-state index in [1.54, 1.807) is 24.3 Å². The third-order valence-electron chi connectivity index (χ3n) is 4.40. The Morgan fingerprint density at radius 2 is 1.65 bits per heavy atom. The highest BCUT2D eigenvalue weighted by Gasteiger charge is 2.55. The molecule has 3 nitrogen and oxygen atoms in total. The number of hydrogen-bond acceptors (Lipinski definition) is 3. The van der Waals surface area contributed by atoms with Gasteiger partial charge in [-0.05, 0) is 19.3 Å². The Morgan fingerprint density at radius 3 is 2.30 bits per heavy atom. The van der Waals surface area contributed by atoms with Crippen molar-refractivity contribution in [2.45, 2.75) is 37.7 Å². The predicted molar refractivity (Wildman–Crippen MR) is 75.8 cm³/mol.